The second-order valence-corrected chi connectivity index (χ2v) is 2.39. The third kappa shape index (κ3) is 4.30. The van der Waals surface area contributed by atoms with Crippen molar-refractivity contribution in [2.75, 3.05) is 7.05 Å². The van der Waals surface area contributed by atoms with E-state index in [-0.39, 0.29) is 0 Å². The average molecular weight is 139 g/mol. The third-order valence-electron chi connectivity index (χ3n) is 1.52. The summed E-state index contributed by atoms with van der Waals surface area (Å²) in [6.07, 6.45) is 6.50. The van der Waals surface area contributed by atoms with Crippen LogP contribution in [-0.4, -0.2) is 12.8 Å². The van der Waals surface area contributed by atoms with Gasteiger partial charge in [-0.3, -0.25) is 4.99 Å². The summed E-state index contributed by atoms with van der Waals surface area (Å²) in [7, 11) is 1.86. The van der Waals surface area contributed by atoms with Gasteiger partial charge in [-0.2, -0.15) is 0 Å². The Hall–Kier alpha value is -0.590. The molecule has 0 amide bonds. The molecule has 0 aliphatic rings. The van der Waals surface area contributed by atoms with Crippen molar-refractivity contribution in [2.45, 2.75) is 32.6 Å². The molecule has 58 valence electrons. The largest absolute Gasteiger partial charge is 0.297 e. The van der Waals surface area contributed by atoms with Crippen LogP contribution in [0.4, 0.5) is 0 Å². The maximum Gasteiger partial charge on any atom is 0.0276 e. The predicted octanol–water partition coefficient (Wildman–Crippen LogP) is 2.82. The Labute approximate surface area is 63.9 Å². The van der Waals surface area contributed by atoms with Crippen LogP contribution in [0.2, 0.25) is 0 Å². The lowest BCUT2D eigenvalue weighted by atomic mass is 10.1. The van der Waals surface area contributed by atoms with Crippen molar-refractivity contribution in [2.24, 2.45) is 4.99 Å². The van der Waals surface area contributed by atoms with Crippen LogP contribution >= 0.6 is 0 Å². The number of unbranched alkanes of at least 4 members (excludes halogenated alkanes) is 1. The highest BCUT2D eigenvalue weighted by Crippen LogP contribution is 2.00. The summed E-state index contributed by atoms with van der Waals surface area (Å²) >= 11 is 0. The van der Waals surface area contributed by atoms with Crippen molar-refractivity contribution in [1.82, 2.24) is 0 Å². The van der Waals surface area contributed by atoms with Crippen molar-refractivity contribution < 1.29 is 0 Å². The van der Waals surface area contributed by atoms with Crippen molar-refractivity contribution in [3.63, 3.8) is 0 Å². The molecule has 0 aromatic rings. The van der Waals surface area contributed by atoms with Crippen molar-refractivity contribution in [3.05, 3.63) is 12.7 Å². The van der Waals surface area contributed by atoms with Crippen LogP contribution in [0.3, 0.4) is 0 Å². The summed E-state index contributed by atoms with van der Waals surface area (Å²) in [5.74, 6) is 0. The Morgan fingerprint density at radius 3 is 2.70 bits per heavy atom. The third-order valence-corrected chi connectivity index (χ3v) is 1.52. The molecule has 0 aliphatic heterocycles. The Balaban J connectivity index is 3.51. The van der Waals surface area contributed by atoms with Gasteiger partial charge in [-0.1, -0.05) is 19.4 Å². The van der Waals surface area contributed by atoms with E-state index < -0.39 is 0 Å². The van der Waals surface area contributed by atoms with Crippen molar-refractivity contribution in [1.29, 1.82) is 0 Å². The Morgan fingerprint density at radius 2 is 2.30 bits per heavy atom. The van der Waals surface area contributed by atoms with Gasteiger partial charge in [-0.25, -0.2) is 0 Å². The first-order valence-corrected chi connectivity index (χ1v) is 3.90. The van der Waals surface area contributed by atoms with E-state index in [9.17, 15) is 0 Å². The zero-order chi connectivity index (χ0) is 7.82. The molecule has 0 N–H and O–H groups in total. The molecule has 0 bridgehead atoms. The quantitative estimate of drug-likeness (QED) is 0.410. The van der Waals surface area contributed by atoms with Gasteiger partial charge in [-0.15, -0.1) is 6.58 Å². The Bertz CT molecular complexity index is 114. The summed E-state index contributed by atoms with van der Waals surface area (Å²) in [5, 5.41) is 0. The molecule has 0 aromatic carbocycles. The van der Waals surface area contributed by atoms with Gasteiger partial charge in [0.2, 0.25) is 0 Å². The van der Waals surface area contributed by atoms with Crippen LogP contribution < -0.4 is 0 Å². The first kappa shape index (κ1) is 9.41. The van der Waals surface area contributed by atoms with E-state index in [1.165, 1.54) is 18.6 Å². The molecule has 0 heterocycles. The zero-order valence-corrected chi connectivity index (χ0v) is 7.06. The van der Waals surface area contributed by atoms with Gasteiger partial charge < -0.3 is 0 Å². The molecule has 1 nitrogen and oxygen atoms in total. The number of rotatable bonds is 5. The van der Waals surface area contributed by atoms with Gasteiger partial charge in [0, 0.05) is 19.2 Å². The summed E-state index contributed by atoms with van der Waals surface area (Å²) in [5.41, 5.74) is 1.27. The van der Waals surface area contributed by atoms with Crippen molar-refractivity contribution in [3.8, 4) is 0 Å². The zero-order valence-electron chi connectivity index (χ0n) is 7.06. The molecule has 0 rings (SSSR count). The van der Waals surface area contributed by atoms with E-state index in [0.29, 0.717) is 0 Å². The molecule has 10 heavy (non-hydrogen) atoms. The molecular formula is C9H17N. The Kier molecular flexibility index (Phi) is 6.14. The van der Waals surface area contributed by atoms with Crippen LogP contribution in [0, 0.1) is 0 Å². The van der Waals surface area contributed by atoms with Gasteiger partial charge in [0.25, 0.3) is 0 Å². The number of allylic oxidation sites excluding steroid dienone is 1. The van der Waals surface area contributed by atoms with E-state index in [2.05, 4.69) is 18.5 Å². The van der Waals surface area contributed by atoms with Gasteiger partial charge in [-0.05, 0) is 12.8 Å². The van der Waals surface area contributed by atoms with Crippen LogP contribution in [-0.2, 0) is 0 Å². The molecule has 0 aromatic heterocycles. The van der Waals surface area contributed by atoms with E-state index in [1.54, 1.807) is 0 Å². The number of hydrogen-bond acceptors (Lipinski definition) is 1. The summed E-state index contributed by atoms with van der Waals surface area (Å²) in [6.45, 7) is 5.87. The molecule has 0 aliphatic carbocycles. The monoisotopic (exact) mass is 139 g/mol. The molecule has 0 spiro atoms. The molecule has 0 saturated carbocycles. The fourth-order valence-corrected chi connectivity index (χ4v) is 0.853. The highest BCUT2D eigenvalue weighted by Gasteiger charge is 1.92. The second-order valence-electron chi connectivity index (χ2n) is 2.39. The highest BCUT2D eigenvalue weighted by atomic mass is 14.7. The van der Waals surface area contributed by atoms with E-state index in [1.807, 2.05) is 13.1 Å². The summed E-state index contributed by atoms with van der Waals surface area (Å²) in [4.78, 5) is 4.16. The topological polar surface area (TPSA) is 12.4 Å². The number of nitrogens with zero attached hydrogens (tertiary/aromatic N) is 1. The lowest BCUT2D eigenvalue weighted by molar-refractivity contribution is 0.828. The minimum atomic E-state index is 0.955. The smallest absolute Gasteiger partial charge is 0.0276 e. The SMILES string of the molecule is C=CCC(CCCC)=NC. The molecule has 0 saturated heterocycles. The maximum absolute atomic E-state index is 4.16. The average Bonchev–Trinajstić information content (AvgIpc) is 1.98. The fourth-order valence-electron chi connectivity index (χ4n) is 0.853. The van der Waals surface area contributed by atoms with Gasteiger partial charge in [0.1, 0.15) is 0 Å². The normalized spacial score (nSPS) is 11.6. The lowest BCUT2D eigenvalue weighted by Gasteiger charge is -1.99. The summed E-state index contributed by atoms with van der Waals surface area (Å²) in [6, 6.07) is 0. The molecule has 0 atom stereocenters. The van der Waals surface area contributed by atoms with Crippen LogP contribution in [0.15, 0.2) is 17.6 Å². The van der Waals surface area contributed by atoms with Crippen LogP contribution in [0.1, 0.15) is 32.6 Å². The Morgan fingerprint density at radius 1 is 1.60 bits per heavy atom. The number of aliphatic imine (C=N–C) groups is 1. The minimum absolute atomic E-state index is 0.955. The van der Waals surface area contributed by atoms with Crippen LogP contribution in [0.5, 0.6) is 0 Å². The molecular weight excluding hydrogens is 122 g/mol. The highest BCUT2D eigenvalue weighted by molar-refractivity contribution is 5.85. The first-order chi connectivity index (χ1) is 4.85. The molecule has 0 fully saturated rings. The van der Waals surface area contributed by atoms with E-state index in [4.69, 9.17) is 0 Å². The maximum atomic E-state index is 4.16. The molecule has 0 unspecified atom stereocenters. The van der Waals surface area contributed by atoms with Crippen LogP contribution in [0.25, 0.3) is 0 Å². The lowest BCUT2D eigenvalue weighted by Crippen LogP contribution is -1.95. The van der Waals surface area contributed by atoms with Gasteiger partial charge >= 0.3 is 0 Å². The molecule has 0 radical (unpaired) electrons. The van der Waals surface area contributed by atoms with Crippen molar-refractivity contribution >= 4 is 5.71 Å². The van der Waals surface area contributed by atoms with Gasteiger partial charge in [0.15, 0.2) is 0 Å². The van der Waals surface area contributed by atoms with Gasteiger partial charge in [0.05, 0.1) is 0 Å². The second kappa shape index (κ2) is 6.53. The standard InChI is InChI=1S/C9H17N/c1-4-6-8-9(10-3)7-5-2/h5H,2,4,6-8H2,1,3H3. The first-order valence-electron chi connectivity index (χ1n) is 3.90. The van der Waals surface area contributed by atoms with E-state index in [0.717, 1.165) is 12.8 Å². The van der Waals surface area contributed by atoms with E-state index >= 15 is 0 Å². The predicted molar refractivity (Wildman–Crippen MR) is 47.7 cm³/mol. The number of hydrogen-bond donors (Lipinski definition) is 0. The molecule has 1 heteroatoms. The fraction of sp³-hybridized carbons (Fsp3) is 0.667. The summed E-state index contributed by atoms with van der Waals surface area (Å²) < 4.78 is 0. The minimum Gasteiger partial charge on any atom is -0.297 e.